The third kappa shape index (κ3) is 7.65. The number of hydrogen-bond acceptors (Lipinski definition) is 12. The van der Waals surface area contributed by atoms with Crippen molar-refractivity contribution in [2.45, 2.75) is 63.1 Å². The second-order valence-electron chi connectivity index (χ2n) is 16.0. The van der Waals surface area contributed by atoms with Crippen molar-refractivity contribution in [3.8, 4) is 5.75 Å². The number of piperazine rings is 1. The summed E-state index contributed by atoms with van der Waals surface area (Å²) in [7, 11) is 0. The maximum Gasteiger partial charge on any atom is 0.262 e. The van der Waals surface area contributed by atoms with E-state index in [1.165, 1.54) is 0 Å². The Morgan fingerprint density at radius 2 is 1.64 bits per heavy atom. The van der Waals surface area contributed by atoms with E-state index in [0.717, 1.165) is 99.6 Å². The number of carbonyl (C=O) groups excluding carboxylic acids is 5. The van der Waals surface area contributed by atoms with Crippen molar-refractivity contribution >= 4 is 57.8 Å². The van der Waals surface area contributed by atoms with E-state index in [-0.39, 0.29) is 36.5 Å². The molecule has 16 nitrogen and oxygen atoms in total. The van der Waals surface area contributed by atoms with Crippen LogP contribution in [0.25, 0.3) is 15.7 Å². The summed E-state index contributed by atoms with van der Waals surface area (Å²) < 4.78 is 6.36. The number of rotatable bonds is 9. The van der Waals surface area contributed by atoms with Crippen molar-refractivity contribution in [1.82, 2.24) is 35.4 Å². The predicted molar refractivity (Wildman–Crippen MR) is 216 cm³/mol. The first-order valence-electron chi connectivity index (χ1n) is 20.3. The van der Waals surface area contributed by atoms with E-state index in [1.54, 1.807) is 36.8 Å². The van der Waals surface area contributed by atoms with Crippen LogP contribution in [0.3, 0.4) is 0 Å². The van der Waals surface area contributed by atoms with Crippen molar-refractivity contribution in [2.75, 3.05) is 55.6 Å². The Morgan fingerprint density at radius 1 is 0.864 bits per heavy atom. The first-order valence-corrected chi connectivity index (χ1v) is 20.3. The molecule has 4 aromatic rings. The lowest BCUT2D eigenvalue weighted by Crippen LogP contribution is -2.54. The zero-order chi connectivity index (χ0) is 40.6. The number of nitrogens with zero attached hydrogens (tertiary/aromatic N) is 8. The maximum atomic E-state index is 13.3. The molecule has 302 valence electrons. The van der Waals surface area contributed by atoms with Crippen LogP contribution in [0.4, 0.5) is 17.3 Å². The normalized spacial score (nSPS) is 23.6. The highest BCUT2D eigenvalue weighted by atomic mass is 16.5. The summed E-state index contributed by atoms with van der Waals surface area (Å²) in [6.07, 6.45) is 9.33. The lowest BCUT2D eigenvalue weighted by Gasteiger charge is -2.37. The highest BCUT2D eigenvalue weighted by Gasteiger charge is 2.45. The third-order valence-electron chi connectivity index (χ3n) is 12.3. The second kappa shape index (κ2) is 16.1. The number of anilines is 2. The van der Waals surface area contributed by atoms with Gasteiger partial charge in [-0.25, -0.2) is 14.8 Å². The molecule has 59 heavy (non-hydrogen) atoms. The van der Waals surface area contributed by atoms with Crippen LogP contribution in [0, 0.1) is 12.5 Å². The molecule has 1 saturated carbocycles. The third-order valence-corrected chi connectivity index (χ3v) is 12.3. The van der Waals surface area contributed by atoms with Crippen LogP contribution in [-0.4, -0.2) is 118 Å². The van der Waals surface area contributed by atoms with Crippen molar-refractivity contribution in [3.63, 3.8) is 0 Å². The van der Waals surface area contributed by atoms with Gasteiger partial charge in [-0.3, -0.25) is 44.1 Å². The lowest BCUT2D eigenvalue weighted by atomic mass is 9.92. The standard InChI is InChI=1S/C43H44N10O6/c1-44-34-10-12-36(32-3-2-15-45-38(32)34)59-30-7-4-28(5-8-30)48-39(55)27-22-46-43(47-23-27)52-16-14-26(25-52)24-50-17-19-51(20-18-50)29-6-9-31-33(21-29)42(58)53(41(31)57)35-11-13-37(54)49-40(35)56/h2-3,6,9-10,12,15,21-23,26,28,30,35H,4-5,7-8,11,13-14,16-20,24-25H2,(H,48,55)(H,49,54,56)/t26-,28?,30?,35?/m0/s1. The van der Waals surface area contributed by atoms with Crippen molar-refractivity contribution in [2.24, 2.45) is 5.92 Å². The van der Waals surface area contributed by atoms with Gasteiger partial charge >= 0.3 is 0 Å². The number of carbonyl (C=O) groups is 5. The predicted octanol–water partition coefficient (Wildman–Crippen LogP) is 3.75. The van der Waals surface area contributed by atoms with E-state index < -0.39 is 29.7 Å². The topological polar surface area (TPSA) is 175 Å². The van der Waals surface area contributed by atoms with Gasteiger partial charge in [-0.05, 0) is 80.8 Å². The number of ether oxygens (including phenoxy) is 1. The van der Waals surface area contributed by atoms with Gasteiger partial charge in [0.05, 0.1) is 34.9 Å². The molecule has 1 unspecified atom stereocenters. The average Bonchev–Trinajstić information content (AvgIpc) is 3.83. The zero-order valence-electron chi connectivity index (χ0n) is 32.5. The molecule has 2 aromatic heterocycles. The fourth-order valence-corrected chi connectivity index (χ4v) is 9.07. The molecule has 0 bridgehead atoms. The Morgan fingerprint density at radius 3 is 2.41 bits per heavy atom. The van der Waals surface area contributed by atoms with Gasteiger partial charge in [0.25, 0.3) is 17.7 Å². The van der Waals surface area contributed by atoms with E-state index in [2.05, 4.69) is 45.1 Å². The molecule has 16 heteroatoms. The van der Waals surface area contributed by atoms with Crippen LogP contribution in [0.2, 0.25) is 0 Å². The minimum atomic E-state index is -0.982. The molecule has 5 amide bonds. The van der Waals surface area contributed by atoms with Crippen LogP contribution >= 0.6 is 0 Å². The summed E-state index contributed by atoms with van der Waals surface area (Å²) in [4.78, 5) is 88.6. The summed E-state index contributed by atoms with van der Waals surface area (Å²) in [5.41, 5.74) is 3.02. The number of hydrogen-bond donors (Lipinski definition) is 2. The molecule has 3 saturated heterocycles. The fourth-order valence-electron chi connectivity index (χ4n) is 9.07. The van der Waals surface area contributed by atoms with Gasteiger partial charge < -0.3 is 19.9 Å². The van der Waals surface area contributed by atoms with Crippen LogP contribution < -0.4 is 25.2 Å². The van der Waals surface area contributed by atoms with Crippen molar-refractivity contribution < 1.29 is 28.7 Å². The smallest absolute Gasteiger partial charge is 0.262 e. The Labute approximate surface area is 340 Å². The number of pyridine rings is 1. The number of aromatic nitrogens is 3. The molecule has 1 aliphatic carbocycles. The maximum absolute atomic E-state index is 13.3. The van der Waals surface area contributed by atoms with E-state index >= 15 is 0 Å². The van der Waals surface area contributed by atoms with E-state index in [0.29, 0.717) is 34.2 Å². The molecular formula is C43H44N10O6. The number of nitrogens with one attached hydrogen (secondary N) is 2. The highest BCUT2D eigenvalue weighted by molar-refractivity contribution is 6.23. The SMILES string of the molecule is [C-]#[N+]c1ccc(OC2CCC(NC(=O)c3cnc(N4CC[C@@H](CN5CCN(c6ccc7c(c6)C(=O)N(C6CCC(=O)NC6=O)C7=O)CC5)C4)nc3)CC2)c2cccnc12. The van der Waals surface area contributed by atoms with Gasteiger partial charge in [0.1, 0.15) is 11.8 Å². The minimum Gasteiger partial charge on any atom is -0.490 e. The van der Waals surface area contributed by atoms with E-state index in [9.17, 15) is 24.0 Å². The number of fused-ring (bicyclic) bond motifs is 2. The zero-order valence-corrected chi connectivity index (χ0v) is 32.5. The number of piperidine rings is 1. The van der Waals surface area contributed by atoms with Crippen LogP contribution in [0.5, 0.6) is 5.75 Å². The summed E-state index contributed by atoms with van der Waals surface area (Å²) in [5, 5.41) is 6.23. The fraction of sp³-hybridized carbons (Fsp3) is 0.419. The summed E-state index contributed by atoms with van der Waals surface area (Å²) in [6.45, 7) is 13.3. The first-order chi connectivity index (χ1) is 28.7. The van der Waals surface area contributed by atoms with Gasteiger partial charge in [-0.2, -0.15) is 0 Å². The van der Waals surface area contributed by atoms with E-state index in [1.807, 2.05) is 24.3 Å². The van der Waals surface area contributed by atoms with Gasteiger partial charge in [0, 0.05) is 87.9 Å². The molecule has 4 fully saturated rings. The molecular weight excluding hydrogens is 753 g/mol. The molecule has 6 heterocycles. The molecule has 0 radical (unpaired) electrons. The molecule has 4 aliphatic heterocycles. The quantitative estimate of drug-likeness (QED) is 0.186. The second-order valence-corrected chi connectivity index (χ2v) is 16.0. The van der Waals surface area contributed by atoms with Crippen LogP contribution in [-0.2, 0) is 9.59 Å². The highest BCUT2D eigenvalue weighted by Crippen LogP contribution is 2.35. The lowest BCUT2D eigenvalue weighted by molar-refractivity contribution is -0.136. The number of amides is 5. The van der Waals surface area contributed by atoms with Crippen LogP contribution in [0.1, 0.15) is 76.0 Å². The molecule has 2 atom stereocenters. The van der Waals surface area contributed by atoms with Gasteiger partial charge in [0.2, 0.25) is 23.5 Å². The number of benzene rings is 2. The van der Waals surface area contributed by atoms with Gasteiger partial charge in [0.15, 0.2) is 0 Å². The van der Waals surface area contributed by atoms with Gasteiger partial charge in [-0.1, -0.05) is 6.07 Å². The number of imide groups is 2. The summed E-state index contributed by atoms with van der Waals surface area (Å²) in [5.74, 6) is -0.392. The summed E-state index contributed by atoms with van der Waals surface area (Å²) >= 11 is 0. The van der Waals surface area contributed by atoms with Crippen molar-refractivity contribution in [1.29, 1.82) is 0 Å². The molecule has 5 aliphatic rings. The first kappa shape index (κ1) is 38.1. The van der Waals surface area contributed by atoms with E-state index in [4.69, 9.17) is 11.3 Å². The molecule has 2 N–H and O–H groups in total. The monoisotopic (exact) mass is 796 g/mol. The average molecular weight is 797 g/mol. The summed E-state index contributed by atoms with van der Waals surface area (Å²) in [6, 6.07) is 11.7. The molecule has 0 spiro atoms. The minimum absolute atomic E-state index is 0.0161. The largest absolute Gasteiger partial charge is 0.490 e. The Bertz CT molecular complexity index is 2370. The molecule has 9 rings (SSSR count). The molecule has 2 aromatic carbocycles. The van der Waals surface area contributed by atoms with Crippen molar-refractivity contribution in [3.05, 3.63) is 89.2 Å². The Hall–Kier alpha value is -6.47. The Balaban J connectivity index is 0.716. The Kier molecular flexibility index (Phi) is 10.4. The van der Waals surface area contributed by atoms with Gasteiger partial charge in [-0.15, -0.1) is 0 Å². The van der Waals surface area contributed by atoms with Crippen LogP contribution in [0.15, 0.2) is 61.1 Å².